The van der Waals surface area contributed by atoms with Gasteiger partial charge in [0.25, 0.3) is 0 Å². The van der Waals surface area contributed by atoms with E-state index in [1.807, 2.05) is 33.8 Å². The number of allylic oxidation sites excluding steroid dienone is 2. The molecule has 2 aliphatic heterocycles. The smallest absolute Gasteiger partial charge is 0.246 e. The summed E-state index contributed by atoms with van der Waals surface area (Å²) in [5, 5.41) is 10.6. The van der Waals surface area contributed by atoms with Crippen LogP contribution in [0.5, 0.6) is 0 Å². The predicted molar refractivity (Wildman–Crippen MR) is 133 cm³/mol. The van der Waals surface area contributed by atoms with E-state index in [1.165, 1.54) is 12.1 Å². The molecular formula is C25H33FN4O3S. The summed E-state index contributed by atoms with van der Waals surface area (Å²) in [7, 11) is 0. The van der Waals surface area contributed by atoms with Gasteiger partial charge >= 0.3 is 0 Å². The number of carbonyl (C=O) groups is 2. The van der Waals surface area contributed by atoms with Crippen LogP contribution in [0.25, 0.3) is 0 Å². The third kappa shape index (κ3) is 6.55. The molecule has 3 rings (SSSR count). The van der Waals surface area contributed by atoms with Gasteiger partial charge in [0.2, 0.25) is 11.0 Å². The highest BCUT2D eigenvalue weighted by Gasteiger charge is 2.27. The van der Waals surface area contributed by atoms with Crippen molar-refractivity contribution in [2.24, 2.45) is 0 Å². The van der Waals surface area contributed by atoms with Crippen molar-refractivity contribution < 1.29 is 18.7 Å². The third-order valence-electron chi connectivity index (χ3n) is 5.98. The minimum Gasteiger partial charge on any atom is -0.373 e. The standard InChI is InChI=1S/C25H33FN4O3S/c1-5-19-15-30(23(31)12-28-24(19)27)18(4)22(10-11-29-13-16(2)33-17(3)14-29)34-25(32)20-8-6-7-9-21(20)26/h5-9,16-17H,10-15H2,1-4H3,(H2,27,28)/b19-5-,22-18-/t16-,17+. The van der Waals surface area contributed by atoms with Crippen LogP contribution in [0.4, 0.5) is 4.39 Å². The van der Waals surface area contributed by atoms with Crippen LogP contribution in [0.2, 0.25) is 0 Å². The molecule has 1 aromatic rings. The number of hydrogen-bond donors (Lipinski definition) is 2. The van der Waals surface area contributed by atoms with Crippen LogP contribution in [-0.4, -0.2) is 71.6 Å². The molecule has 2 N–H and O–H groups in total. The first-order valence-corrected chi connectivity index (χ1v) is 12.3. The minimum absolute atomic E-state index is 0.00517. The van der Waals surface area contributed by atoms with E-state index in [9.17, 15) is 14.0 Å². The summed E-state index contributed by atoms with van der Waals surface area (Å²) in [5.41, 5.74) is 1.38. The molecule has 1 amide bonds. The van der Waals surface area contributed by atoms with Gasteiger partial charge in [-0.25, -0.2) is 4.39 Å². The van der Waals surface area contributed by atoms with E-state index in [2.05, 4.69) is 10.2 Å². The summed E-state index contributed by atoms with van der Waals surface area (Å²) < 4.78 is 20.1. The van der Waals surface area contributed by atoms with Crippen LogP contribution in [0.15, 0.2) is 46.5 Å². The lowest BCUT2D eigenvalue weighted by atomic mass is 10.2. The highest BCUT2D eigenvalue weighted by Crippen LogP contribution is 2.31. The zero-order valence-corrected chi connectivity index (χ0v) is 21.0. The van der Waals surface area contributed by atoms with Gasteiger partial charge in [0, 0.05) is 35.8 Å². The first-order valence-electron chi connectivity index (χ1n) is 11.5. The fourth-order valence-corrected chi connectivity index (χ4v) is 5.18. The van der Waals surface area contributed by atoms with Crippen LogP contribution in [0, 0.1) is 11.2 Å². The van der Waals surface area contributed by atoms with E-state index in [4.69, 9.17) is 10.1 Å². The second-order valence-electron chi connectivity index (χ2n) is 8.67. The molecule has 2 heterocycles. The van der Waals surface area contributed by atoms with Gasteiger partial charge in [-0.1, -0.05) is 18.2 Å². The monoisotopic (exact) mass is 488 g/mol. The van der Waals surface area contributed by atoms with Crippen LogP contribution in [0.3, 0.4) is 0 Å². The molecular weight excluding hydrogens is 455 g/mol. The molecule has 184 valence electrons. The normalized spacial score (nSPS) is 24.0. The van der Waals surface area contributed by atoms with E-state index >= 15 is 0 Å². The SMILES string of the molecule is C/C=C1/CN(/C(C)=C(/CCN2C[C@@H](C)O[C@@H](C)C2)SC(=O)c2ccccc2F)C(=O)CNC1=N. The topological polar surface area (TPSA) is 85.7 Å². The first-order chi connectivity index (χ1) is 16.2. The number of morpholine rings is 1. The molecule has 2 atom stereocenters. The second kappa shape index (κ2) is 11.8. The number of benzene rings is 1. The Morgan fingerprint density at radius 2 is 1.97 bits per heavy atom. The Labute approximate surface area is 204 Å². The molecule has 0 aliphatic carbocycles. The molecule has 0 radical (unpaired) electrons. The van der Waals surface area contributed by atoms with Gasteiger partial charge in [-0.3, -0.25) is 19.9 Å². The maximum absolute atomic E-state index is 14.3. The molecule has 0 bridgehead atoms. The van der Waals surface area contributed by atoms with Gasteiger partial charge < -0.3 is 15.0 Å². The molecule has 2 saturated heterocycles. The number of ether oxygens (including phenoxy) is 1. The van der Waals surface area contributed by atoms with E-state index in [-0.39, 0.29) is 42.6 Å². The van der Waals surface area contributed by atoms with Crippen molar-refractivity contribution in [3.8, 4) is 0 Å². The Kier molecular flexibility index (Phi) is 9.04. The van der Waals surface area contributed by atoms with E-state index in [0.29, 0.717) is 24.2 Å². The van der Waals surface area contributed by atoms with Crippen LogP contribution < -0.4 is 5.32 Å². The number of amidine groups is 1. The van der Waals surface area contributed by atoms with Gasteiger partial charge in [0.05, 0.1) is 30.9 Å². The Bertz CT molecular complexity index is 1000. The van der Waals surface area contributed by atoms with Crippen molar-refractivity contribution in [2.75, 3.05) is 32.7 Å². The zero-order valence-electron chi connectivity index (χ0n) is 20.2. The summed E-state index contributed by atoms with van der Waals surface area (Å²) >= 11 is 0.978. The molecule has 2 fully saturated rings. The number of rotatable bonds is 6. The number of amides is 1. The van der Waals surface area contributed by atoms with Crippen LogP contribution >= 0.6 is 11.8 Å². The van der Waals surface area contributed by atoms with Gasteiger partial charge in [0.1, 0.15) is 11.7 Å². The Morgan fingerprint density at radius 1 is 1.29 bits per heavy atom. The molecule has 9 heteroatoms. The fourth-order valence-electron chi connectivity index (χ4n) is 4.23. The predicted octanol–water partition coefficient (Wildman–Crippen LogP) is 3.79. The Morgan fingerprint density at radius 3 is 2.62 bits per heavy atom. The number of nitrogens with one attached hydrogen (secondary N) is 2. The van der Waals surface area contributed by atoms with Crippen molar-refractivity contribution in [1.82, 2.24) is 15.1 Å². The van der Waals surface area contributed by atoms with Gasteiger partial charge in [-0.05, 0) is 58.0 Å². The summed E-state index contributed by atoms with van der Waals surface area (Å²) in [4.78, 5) is 30.6. The van der Waals surface area contributed by atoms with Gasteiger partial charge in [-0.2, -0.15) is 0 Å². The minimum atomic E-state index is -0.562. The van der Waals surface area contributed by atoms with Crippen LogP contribution in [0.1, 0.15) is 44.5 Å². The van der Waals surface area contributed by atoms with Crippen molar-refractivity contribution in [2.45, 2.75) is 46.3 Å². The summed E-state index contributed by atoms with van der Waals surface area (Å²) in [6, 6.07) is 5.94. The molecule has 7 nitrogen and oxygen atoms in total. The molecule has 0 spiro atoms. The maximum Gasteiger partial charge on any atom is 0.246 e. The molecule has 0 saturated carbocycles. The first kappa shape index (κ1) is 26.1. The Balaban J connectivity index is 1.89. The summed E-state index contributed by atoms with van der Waals surface area (Å²) in [5.74, 6) is -0.518. The highest BCUT2D eigenvalue weighted by atomic mass is 32.2. The van der Waals surface area contributed by atoms with Crippen molar-refractivity contribution in [3.63, 3.8) is 0 Å². The quantitative estimate of drug-likeness (QED) is 0.634. The summed E-state index contributed by atoms with van der Waals surface area (Å²) in [6.07, 6.45) is 2.58. The molecule has 34 heavy (non-hydrogen) atoms. The number of halogens is 1. The van der Waals surface area contributed by atoms with Crippen molar-refractivity contribution in [1.29, 1.82) is 5.41 Å². The number of carbonyl (C=O) groups excluding carboxylic acids is 2. The van der Waals surface area contributed by atoms with E-state index in [0.717, 1.165) is 29.8 Å². The van der Waals surface area contributed by atoms with E-state index < -0.39 is 10.9 Å². The fraction of sp³-hybridized carbons (Fsp3) is 0.480. The number of thioether (sulfide) groups is 1. The van der Waals surface area contributed by atoms with Gasteiger partial charge in [-0.15, -0.1) is 0 Å². The van der Waals surface area contributed by atoms with E-state index in [1.54, 1.807) is 17.0 Å². The maximum atomic E-state index is 14.3. The van der Waals surface area contributed by atoms with Gasteiger partial charge in [0.15, 0.2) is 0 Å². The molecule has 0 aromatic heterocycles. The third-order valence-corrected chi connectivity index (χ3v) is 7.14. The van der Waals surface area contributed by atoms with Crippen LogP contribution in [-0.2, 0) is 9.53 Å². The van der Waals surface area contributed by atoms with Crippen molar-refractivity contribution >= 4 is 28.6 Å². The Hall–Kier alpha value is -2.49. The second-order valence-corrected chi connectivity index (χ2v) is 9.73. The molecule has 2 aliphatic rings. The lowest BCUT2D eigenvalue weighted by Crippen LogP contribution is -2.45. The molecule has 0 unspecified atom stereocenters. The lowest BCUT2D eigenvalue weighted by molar-refractivity contribution is -0.127. The largest absolute Gasteiger partial charge is 0.373 e. The zero-order chi connectivity index (χ0) is 24.8. The average molecular weight is 489 g/mol. The number of hydrogen-bond acceptors (Lipinski definition) is 6. The molecule has 1 aromatic carbocycles. The number of nitrogens with zero attached hydrogens (tertiary/aromatic N) is 2. The highest BCUT2D eigenvalue weighted by molar-refractivity contribution is 8.17. The summed E-state index contributed by atoms with van der Waals surface area (Å²) in [6.45, 7) is 10.2. The lowest BCUT2D eigenvalue weighted by Gasteiger charge is -2.35. The van der Waals surface area contributed by atoms with Crippen molar-refractivity contribution in [3.05, 3.63) is 57.9 Å². The average Bonchev–Trinajstić information content (AvgIpc) is 2.93.